The van der Waals surface area contributed by atoms with Crippen LogP contribution in [0, 0.1) is 5.92 Å². The number of nitrogens with zero attached hydrogens (tertiary/aromatic N) is 1. The van der Waals surface area contributed by atoms with Crippen molar-refractivity contribution >= 4 is 0 Å². The van der Waals surface area contributed by atoms with Gasteiger partial charge in [0, 0.05) is 19.6 Å². The summed E-state index contributed by atoms with van der Waals surface area (Å²) in [5.41, 5.74) is -0.350. The van der Waals surface area contributed by atoms with Crippen LogP contribution in [0.1, 0.15) is 85.0 Å². The third kappa shape index (κ3) is 7.64. The Balaban J connectivity index is 2.06. The molecular weight excluding hydrogens is 246 g/mol. The van der Waals surface area contributed by atoms with E-state index in [2.05, 4.69) is 25.7 Å². The largest absolute Gasteiger partial charge is 0.390 e. The molecule has 1 heterocycles. The number of piperidine rings is 1. The van der Waals surface area contributed by atoms with Crippen molar-refractivity contribution in [1.82, 2.24) is 4.90 Å². The van der Waals surface area contributed by atoms with Crippen molar-refractivity contribution in [3.05, 3.63) is 0 Å². The molecule has 0 aromatic carbocycles. The van der Waals surface area contributed by atoms with E-state index in [1.54, 1.807) is 0 Å². The molecule has 1 rings (SSSR count). The molecule has 0 aliphatic carbocycles. The van der Waals surface area contributed by atoms with Gasteiger partial charge in [-0.15, -0.1) is 0 Å². The molecule has 0 bridgehead atoms. The highest BCUT2D eigenvalue weighted by Crippen LogP contribution is 2.28. The van der Waals surface area contributed by atoms with E-state index in [4.69, 9.17) is 0 Å². The lowest BCUT2D eigenvalue weighted by Gasteiger charge is -2.39. The van der Waals surface area contributed by atoms with Gasteiger partial charge in [-0.05, 0) is 25.2 Å². The van der Waals surface area contributed by atoms with E-state index >= 15 is 0 Å². The van der Waals surface area contributed by atoms with Gasteiger partial charge in [0.2, 0.25) is 0 Å². The van der Waals surface area contributed by atoms with E-state index in [1.165, 1.54) is 51.5 Å². The first-order valence-electron chi connectivity index (χ1n) is 9.00. The molecule has 0 unspecified atom stereocenters. The van der Waals surface area contributed by atoms with Crippen LogP contribution in [0.15, 0.2) is 0 Å². The lowest BCUT2D eigenvalue weighted by Crippen LogP contribution is -2.45. The number of rotatable bonds is 10. The van der Waals surface area contributed by atoms with Crippen molar-refractivity contribution in [2.24, 2.45) is 5.92 Å². The first-order chi connectivity index (χ1) is 9.56. The van der Waals surface area contributed by atoms with Gasteiger partial charge in [-0.25, -0.2) is 0 Å². The van der Waals surface area contributed by atoms with Crippen molar-refractivity contribution in [2.45, 2.75) is 90.6 Å². The minimum Gasteiger partial charge on any atom is -0.390 e. The Hall–Kier alpha value is -0.0800. The molecule has 1 N–H and O–H groups in total. The van der Waals surface area contributed by atoms with Gasteiger partial charge >= 0.3 is 0 Å². The SMILES string of the molecule is CCCCCCCCCC1(O)CCN(CC(C)C)CC1. The highest BCUT2D eigenvalue weighted by atomic mass is 16.3. The predicted molar refractivity (Wildman–Crippen MR) is 88.1 cm³/mol. The van der Waals surface area contributed by atoms with Crippen LogP contribution in [0.5, 0.6) is 0 Å². The van der Waals surface area contributed by atoms with Crippen LogP contribution in [-0.4, -0.2) is 35.2 Å². The highest BCUT2D eigenvalue weighted by Gasteiger charge is 2.31. The zero-order valence-electron chi connectivity index (χ0n) is 14.2. The fraction of sp³-hybridized carbons (Fsp3) is 1.00. The highest BCUT2D eigenvalue weighted by molar-refractivity contribution is 4.85. The Morgan fingerprint density at radius 3 is 2.05 bits per heavy atom. The molecule has 0 aromatic rings. The van der Waals surface area contributed by atoms with Crippen LogP contribution in [-0.2, 0) is 0 Å². The molecule has 2 nitrogen and oxygen atoms in total. The second-order valence-corrected chi connectivity index (χ2v) is 7.29. The predicted octanol–water partition coefficient (Wildman–Crippen LogP) is 4.61. The fourth-order valence-electron chi connectivity index (χ4n) is 3.33. The maximum absolute atomic E-state index is 10.6. The molecule has 20 heavy (non-hydrogen) atoms. The maximum atomic E-state index is 10.6. The summed E-state index contributed by atoms with van der Waals surface area (Å²) >= 11 is 0. The zero-order chi connectivity index (χ0) is 14.8. The molecule has 0 spiro atoms. The third-order valence-corrected chi connectivity index (χ3v) is 4.66. The summed E-state index contributed by atoms with van der Waals surface area (Å²) in [6.45, 7) is 10.2. The summed E-state index contributed by atoms with van der Waals surface area (Å²) in [6, 6.07) is 0. The van der Waals surface area contributed by atoms with Crippen LogP contribution in [0.3, 0.4) is 0 Å². The van der Waals surface area contributed by atoms with Crippen LogP contribution in [0.25, 0.3) is 0 Å². The maximum Gasteiger partial charge on any atom is 0.0672 e. The number of hydrogen-bond donors (Lipinski definition) is 1. The van der Waals surface area contributed by atoms with Gasteiger partial charge in [-0.3, -0.25) is 0 Å². The Morgan fingerprint density at radius 1 is 0.950 bits per heavy atom. The monoisotopic (exact) mass is 283 g/mol. The average molecular weight is 284 g/mol. The van der Waals surface area contributed by atoms with E-state index in [0.717, 1.165) is 38.3 Å². The first kappa shape index (κ1) is 18.0. The molecule has 0 aromatic heterocycles. The van der Waals surface area contributed by atoms with Gasteiger partial charge in [0.05, 0.1) is 5.60 Å². The Labute approximate surface area is 126 Å². The summed E-state index contributed by atoms with van der Waals surface area (Å²) in [4.78, 5) is 2.52. The topological polar surface area (TPSA) is 23.5 Å². The van der Waals surface area contributed by atoms with Gasteiger partial charge in [0.15, 0.2) is 0 Å². The number of hydrogen-bond acceptors (Lipinski definition) is 2. The standard InChI is InChI=1S/C18H37NO/c1-4-5-6-7-8-9-10-11-18(20)12-14-19(15-13-18)16-17(2)3/h17,20H,4-16H2,1-3H3. The van der Waals surface area contributed by atoms with E-state index in [0.29, 0.717) is 0 Å². The second-order valence-electron chi connectivity index (χ2n) is 7.29. The molecule has 0 radical (unpaired) electrons. The summed E-state index contributed by atoms with van der Waals surface area (Å²) in [5.74, 6) is 0.740. The average Bonchev–Trinajstić information content (AvgIpc) is 2.40. The van der Waals surface area contributed by atoms with E-state index in [9.17, 15) is 5.11 Å². The van der Waals surface area contributed by atoms with Crippen LogP contribution in [0.2, 0.25) is 0 Å². The van der Waals surface area contributed by atoms with Crippen molar-refractivity contribution < 1.29 is 5.11 Å². The Kier molecular flexibility index (Phi) is 8.79. The van der Waals surface area contributed by atoms with E-state index in [-0.39, 0.29) is 5.60 Å². The van der Waals surface area contributed by atoms with Gasteiger partial charge in [0.1, 0.15) is 0 Å². The molecule has 0 atom stereocenters. The quantitative estimate of drug-likeness (QED) is 0.592. The number of unbranched alkanes of at least 4 members (excludes halogenated alkanes) is 6. The molecule has 1 aliphatic heterocycles. The van der Waals surface area contributed by atoms with Crippen molar-refractivity contribution in [3.8, 4) is 0 Å². The minimum atomic E-state index is -0.350. The number of aliphatic hydroxyl groups is 1. The van der Waals surface area contributed by atoms with E-state index < -0.39 is 0 Å². The fourth-order valence-corrected chi connectivity index (χ4v) is 3.33. The van der Waals surface area contributed by atoms with Crippen LogP contribution >= 0.6 is 0 Å². The van der Waals surface area contributed by atoms with Crippen molar-refractivity contribution in [1.29, 1.82) is 0 Å². The van der Waals surface area contributed by atoms with Crippen LogP contribution in [0.4, 0.5) is 0 Å². The van der Waals surface area contributed by atoms with Gasteiger partial charge < -0.3 is 10.0 Å². The zero-order valence-corrected chi connectivity index (χ0v) is 14.2. The molecule has 0 saturated carbocycles. The summed E-state index contributed by atoms with van der Waals surface area (Å²) < 4.78 is 0. The van der Waals surface area contributed by atoms with Crippen LogP contribution < -0.4 is 0 Å². The number of likely N-dealkylation sites (tertiary alicyclic amines) is 1. The molecule has 0 amide bonds. The molecule has 1 fully saturated rings. The van der Waals surface area contributed by atoms with Gasteiger partial charge in [-0.2, -0.15) is 0 Å². The molecule has 1 aliphatic rings. The summed E-state index contributed by atoms with van der Waals surface area (Å²) in [7, 11) is 0. The van der Waals surface area contributed by atoms with Crippen molar-refractivity contribution in [2.75, 3.05) is 19.6 Å². The lowest BCUT2D eigenvalue weighted by molar-refractivity contribution is -0.0312. The molecule has 120 valence electrons. The lowest BCUT2D eigenvalue weighted by atomic mass is 9.86. The second kappa shape index (κ2) is 9.78. The van der Waals surface area contributed by atoms with Gasteiger partial charge in [-0.1, -0.05) is 65.7 Å². The first-order valence-corrected chi connectivity index (χ1v) is 9.00. The molecule has 2 heteroatoms. The van der Waals surface area contributed by atoms with Crippen molar-refractivity contribution in [3.63, 3.8) is 0 Å². The van der Waals surface area contributed by atoms with Gasteiger partial charge in [0.25, 0.3) is 0 Å². The molecule has 1 saturated heterocycles. The Bertz CT molecular complexity index is 232. The summed E-state index contributed by atoms with van der Waals surface area (Å²) in [6.07, 6.45) is 12.4. The van der Waals surface area contributed by atoms with E-state index in [1.807, 2.05) is 0 Å². The Morgan fingerprint density at radius 2 is 1.50 bits per heavy atom. The third-order valence-electron chi connectivity index (χ3n) is 4.66. The molecular formula is C18H37NO. The summed E-state index contributed by atoms with van der Waals surface area (Å²) in [5, 5.41) is 10.6. The minimum absolute atomic E-state index is 0.350. The smallest absolute Gasteiger partial charge is 0.0672 e. The normalized spacial score (nSPS) is 19.6.